The average Bonchev–Trinajstić information content (AvgIpc) is 2.91. The molecule has 124 valence electrons. The maximum absolute atomic E-state index is 12.4. The van der Waals surface area contributed by atoms with E-state index >= 15 is 0 Å². The summed E-state index contributed by atoms with van der Waals surface area (Å²) in [4.78, 5) is 30.5. The quantitative estimate of drug-likeness (QED) is 0.928. The molecule has 1 saturated heterocycles. The Hall–Kier alpha value is -2.40. The van der Waals surface area contributed by atoms with E-state index in [9.17, 15) is 9.59 Å². The molecule has 0 unspecified atom stereocenters. The number of hydrogen-bond donors (Lipinski definition) is 1. The summed E-state index contributed by atoms with van der Waals surface area (Å²) in [6, 6.07) is 12.8. The van der Waals surface area contributed by atoms with E-state index in [1.165, 1.54) is 0 Å². The third kappa shape index (κ3) is 3.92. The number of carbonyl (C=O) groups excluding carboxylic acids is 2. The van der Waals surface area contributed by atoms with Crippen molar-refractivity contribution in [2.24, 2.45) is 5.92 Å². The Balaban J connectivity index is 1.61. The lowest BCUT2D eigenvalue weighted by Gasteiger charge is -2.16. The van der Waals surface area contributed by atoms with Crippen LogP contribution in [0.2, 0.25) is 5.02 Å². The number of nitrogens with one attached hydrogen (secondary N) is 1. The molecule has 2 heterocycles. The summed E-state index contributed by atoms with van der Waals surface area (Å²) < 4.78 is 0. The average molecular weight is 344 g/mol. The van der Waals surface area contributed by atoms with Gasteiger partial charge in [-0.3, -0.25) is 9.59 Å². The molecule has 1 aliphatic heterocycles. The summed E-state index contributed by atoms with van der Waals surface area (Å²) >= 11 is 5.87. The lowest BCUT2D eigenvalue weighted by molar-refractivity contribution is -0.128. The smallest absolute Gasteiger partial charge is 0.230 e. The molecule has 3 rings (SSSR count). The van der Waals surface area contributed by atoms with Gasteiger partial charge in [0.15, 0.2) is 0 Å². The Morgan fingerprint density at radius 2 is 2.04 bits per heavy atom. The lowest BCUT2D eigenvalue weighted by Crippen LogP contribution is -2.28. The van der Waals surface area contributed by atoms with Crippen LogP contribution < -0.4 is 5.32 Å². The minimum atomic E-state index is -0.355. The summed E-state index contributed by atoms with van der Waals surface area (Å²) in [6.07, 6.45) is 0.227. The number of anilines is 1. The number of likely N-dealkylation sites (tertiary alicyclic amines) is 1. The molecule has 1 atom stereocenters. The topological polar surface area (TPSA) is 62.3 Å². The zero-order valence-electron chi connectivity index (χ0n) is 13.3. The highest BCUT2D eigenvalue weighted by Gasteiger charge is 2.34. The zero-order chi connectivity index (χ0) is 17.1. The Morgan fingerprint density at radius 1 is 1.29 bits per heavy atom. The molecule has 0 radical (unpaired) electrons. The first-order valence-corrected chi connectivity index (χ1v) is 8.16. The van der Waals surface area contributed by atoms with Crippen molar-refractivity contribution in [1.82, 2.24) is 9.88 Å². The Labute approximate surface area is 145 Å². The van der Waals surface area contributed by atoms with E-state index < -0.39 is 0 Å². The molecule has 0 bridgehead atoms. The van der Waals surface area contributed by atoms with Crippen molar-refractivity contribution in [2.75, 3.05) is 11.9 Å². The van der Waals surface area contributed by atoms with Crippen molar-refractivity contribution < 1.29 is 9.59 Å². The summed E-state index contributed by atoms with van der Waals surface area (Å²) in [6.45, 7) is 2.77. The molecule has 6 heteroatoms. The largest absolute Gasteiger partial charge is 0.338 e. The molecular weight excluding hydrogens is 326 g/mol. The SMILES string of the molecule is Cc1cccc(NC(=O)[C@H]2CC(=O)N(Cc3ccc(Cl)cc3)C2)n1. The standard InChI is InChI=1S/C18H18ClN3O2/c1-12-3-2-4-16(20-12)21-18(24)14-9-17(23)22(11-14)10-13-5-7-15(19)8-6-13/h2-8,14H,9-11H2,1H3,(H,20,21,24)/t14-/m0/s1. The molecule has 2 amide bonds. The third-order valence-electron chi connectivity index (χ3n) is 4.01. The number of carbonyl (C=O) groups is 2. The van der Waals surface area contributed by atoms with Crippen molar-refractivity contribution in [3.05, 3.63) is 58.7 Å². The van der Waals surface area contributed by atoms with Crippen molar-refractivity contribution in [2.45, 2.75) is 19.9 Å². The molecule has 2 aromatic rings. The highest BCUT2D eigenvalue weighted by molar-refractivity contribution is 6.30. The molecule has 24 heavy (non-hydrogen) atoms. The Morgan fingerprint density at radius 3 is 2.75 bits per heavy atom. The molecule has 1 N–H and O–H groups in total. The van der Waals surface area contributed by atoms with Gasteiger partial charge in [-0.15, -0.1) is 0 Å². The van der Waals surface area contributed by atoms with Crippen molar-refractivity contribution in [1.29, 1.82) is 0 Å². The van der Waals surface area contributed by atoms with E-state index in [2.05, 4.69) is 10.3 Å². The van der Waals surface area contributed by atoms with Gasteiger partial charge in [-0.2, -0.15) is 0 Å². The monoisotopic (exact) mass is 343 g/mol. The van der Waals surface area contributed by atoms with E-state index in [1.54, 1.807) is 23.1 Å². The number of halogens is 1. The third-order valence-corrected chi connectivity index (χ3v) is 4.26. The maximum atomic E-state index is 12.4. The molecule has 5 nitrogen and oxygen atoms in total. The molecule has 1 aromatic carbocycles. The normalized spacial score (nSPS) is 17.2. The maximum Gasteiger partial charge on any atom is 0.230 e. The highest BCUT2D eigenvalue weighted by atomic mass is 35.5. The van der Waals surface area contributed by atoms with Gasteiger partial charge in [0.25, 0.3) is 0 Å². The van der Waals surface area contributed by atoms with E-state index in [-0.39, 0.29) is 24.2 Å². The zero-order valence-corrected chi connectivity index (χ0v) is 14.1. The minimum Gasteiger partial charge on any atom is -0.338 e. The van der Waals surface area contributed by atoms with Crippen LogP contribution in [-0.2, 0) is 16.1 Å². The van der Waals surface area contributed by atoms with Crippen LogP contribution in [0.25, 0.3) is 0 Å². The number of hydrogen-bond acceptors (Lipinski definition) is 3. The van der Waals surface area contributed by atoms with Crippen molar-refractivity contribution in [3.63, 3.8) is 0 Å². The molecule has 0 aliphatic carbocycles. The van der Waals surface area contributed by atoms with Gasteiger partial charge in [0, 0.05) is 30.2 Å². The lowest BCUT2D eigenvalue weighted by atomic mass is 10.1. The Kier molecular flexibility index (Phi) is 4.81. The molecule has 1 fully saturated rings. The fourth-order valence-corrected chi connectivity index (χ4v) is 2.88. The van der Waals surface area contributed by atoms with Gasteiger partial charge in [-0.1, -0.05) is 29.8 Å². The number of pyridine rings is 1. The van der Waals surface area contributed by atoms with E-state index in [0.29, 0.717) is 23.9 Å². The second-order valence-corrected chi connectivity index (χ2v) is 6.39. The fourth-order valence-electron chi connectivity index (χ4n) is 2.75. The van der Waals surface area contributed by atoms with Gasteiger partial charge >= 0.3 is 0 Å². The Bertz CT molecular complexity index is 761. The van der Waals surface area contributed by atoms with Gasteiger partial charge in [0.05, 0.1) is 5.92 Å². The second-order valence-electron chi connectivity index (χ2n) is 5.96. The van der Waals surface area contributed by atoms with Crippen LogP contribution in [0.1, 0.15) is 17.7 Å². The number of nitrogens with zero attached hydrogens (tertiary/aromatic N) is 2. The second kappa shape index (κ2) is 7.01. The first kappa shape index (κ1) is 16.5. The summed E-state index contributed by atoms with van der Waals surface area (Å²) in [5.41, 5.74) is 1.83. The fraction of sp³-hybridized carbons (Fsp3) is 0.278. The predicted octanol–water partition coefficient (Wildman–Crippen LogP) is 3.03. The molecule has 1 aromatic heterocycles. The first-order valence-electron chi connectivity index (χ1n) is 7.78. The summed E-state index contributed by atoms with van der Waals surface area (Å²) in [7, 11) is 0. The van der Waals surface area contributed by atoms with Crippen LogP contribution in [0.15, 0.2) is 42.5 Å². The number of aryl methyl sites for hydroxylation is 1. The number of rotatable bonds is 4. The van der Waals surface area contributed by atoms with Crippen LogP contribution in [0.4, 0.5) is 5.82 Å². The number of benzene rings is 1. The van der Waals surface area contributed by atoms with Crippen LogP contribution in [0, 0.1) is 12.8 Å². The van der Waals surface area contributed by atoms with Crippen LogP contribution >= 0.6 is 11.6 Å². The van der Waals surface area contributed by atoms with E-state index in [4.69, 9.17) is 11.6 Å². The van der Waals surface area contributed by atoms with Gasteiger partial charge in [-0.25, -0.2) is 4.98 Å². The highest BCUT2D eigenvalue weighted by Crippen LogP contribution is 2.22. The van der Waals surface area contributed by atoms with Crippen molar-refractivity contribution in [3.8, 4) is 0 Å². The van der Waals surface area contributed by atoms with Gasteiger partial charge in [-0.05, 0) is 36.8 Å². The molecule has 0 saturated carbocycles. The van der Waals surface area contributed by atoms with E-state index in [1.807, 2.05) is 31.2 Å². The number of amides is 2. The predicted molar refractivity (Wildman–Crippen MR) is 92.6 cm³/mol. The number of aromatic nitrogens is 1. The van der Waals surface area contributed by atoms with Crippen LogP contribution in [0.5, 0.6) is 0 Å². The van der Waals surface area contributed by atoms with Crippen molar-refractivity contribution >= 4 is 29.2 Å². The summed E-state index contributed by atoms with van der Waals surface area (Å²) in [5.74, 6) is -0.0157. The molecule has 1 aliphatic rings. The first-order chi connectivity index (χ1) is 11.5. The van der Waals surface area contributed by atoms with Gasteiger partial charge in [0.2, 0.25) is 11.8 Å². The summed E-state index contributed by atoms with van der Waals surface area (Å²) in [5, 5.41) is 3.45. The van der Waals surface area contributed by atoms with Gasteiger partial charge < -0.3 is 10.2 Å². The molecular formula is C18H18ClN3O2. The van der Waals surface area contributed by atoms with Gasteiger partial charge in [0.1, 0.15) is 5.82 Å². The van der Waals surface area contributed by atoms with Crippen LogP contribution in [0.3, 0.4) is 0 Å². The minimum absolute atomic E-state index is 0.0118. The van der Waals surface area contributed by atoms with E-state index in [0.717, 1.165) is 11.3 Å². The van der Waals surface area contributed by atoms with Crippen LogP contribution in [-0.4, -0.2) is 28.2 Å². The molecule has 0 spiro atoms.